The third-order valence-corrected chi connectivity index (χ3v) is 5.18. The Kier molecular flexibility index (Phi) is 3.59. The van der Waals surface area contributed by atoms with Crippen molar-refractivity contribution in [1.29, 1.82) is 0 Å². The second-order valence-electron chi connectivity index (χ2n) is 6.68. The summed E-state index contributed by atoms with van der Waals surface area (Å²) in [5.41, 5.74) is 3.82. The minimum atomic E-state index is 0.896. The molecule has 2 aliphatic rings. The highest BCUT2D eigenvalue weighted by Crippen LogP contribution is 2.32. The van der Waals surface area contributed by atoms with Crippen molar-refractivity contribution in [1.82, 2.24) is 14.8 Å². The zero-order chi connectivity index (χ0) is 15.1. The molecule has 4 rings (SSSR count). The Balaban J connectivity index is 1.56. The van der Waals surface area contributed by atoms with E-state index in [2.05, 4.69) is 33.8 Å². The van der Waals surface area contributed by atoms with Crippen LogP contribution in [0.15, 0.2) is 18.3 Å². The number of hydrogen-bond acceptors (Lipinski definition) is 3. The second kappa shape index (κ2) is 5.60. The van der Waals surface area contributed by atoms with Crippen molar-refractivity contribution >= 4 is 10.9 Å². The van der Waals surface area contributed by atoms with Gasteiger partial charge in [-0.25, -0.2) is 0 Å². The molecule has 0 unspecified atom stereocenters. The van der Waals surface area contributed by atoms with E-state index < -0.39 is 0 Å². The van der Waals surface area contributed by atoms with Gasteiger partial charge in [0.15, 0.2) is 0 Å². The van der Waals surface area contributed by atoms with Crippen molar-refractivity contribution < 1.29 is 4.74 Å². The molecule has 4 heteroatoms. The summed E-state index contributed by atoms with van der Waals surface area (Å²) in [5.74, 6) is 1.02. The van der Waals surface area contributed by atoms with Crippen molar-refractivity contribution in [3.05, 3.63) is 29.5 Å². The highest BCUT2D eigenvalue weighted by molar-refractivity contribution is 5.88. The first kappa shape index (κ1) is 14.1. The molecule has 1 aromatic heterocycles. The Morgan fingerprint density at radius 3 is 2.68 bits per heavy atom. The van der Waals surface area contributed by atoms with Crippen LogP contribution in [0.4, 0.5) is 0 Å². The van der Waals surface area contributed by atoms with Gasteiger partial charge in [0, 0.05) is 61.4 Å². The Morgan fingerprint density at radius 2 is 2.00 bits per heavy atom. The third kappa shape index (κ3) is 2.50. The van der Waals surface area contributed by atoms with Crippen molar-refractivity contribution in [3.8, 4) is 5.75 Å². The van der Waals surface area contributed by atoms with Crippen LogP contribution in [0, 0.1) is 6.92 Å². The van der Waals surface area contributed by atoms with Gasteiger partial charge in [-0.1, -0.05) is 0 Å². The SMILES string of the molecule is COc1cc(C)c2[nH]ccc2c1CN1CCN(C2CC2)CC1. The van der Waals surface area contributed by atoms with Gasteiger partial charge in [0.05, 0.1) is 7.11 Å². The lowest BCUT2D eigenvalue weighted by Gasteiger charge is -2.35. The quantitative estimate of drug-likeness (QED) is 0.942. The molecule has 0 radical (unpaired) electrons. The number of rotatable bonds is 4. The number of fused-ring (bicyclic) bond motifs is 1. The Morgan fingerprint density at radius 1 is 1.23 bits per heavy atom. The maximum Gasteiger partial charge on any atom is 0.124 e. The van der Waals surface area contributed by atoms with Gasteiger partial charge < -0.3 is 9.72 Å². The summed E-state index contributed by atoms with van der Waals surface area (Å²) in [5, 5.41) is 1.31. The number of ether oxygens (including phenoxy) is 1. The summed E-state index contributed by atoms with van der Waals surface area (Å²) in [6, 6.07) is 5.24. The molecule has 0 spiro atoms. The average molecular weight is 299 g/mol. The van der Waals surface area contributed by atoms with E-state index in [9.17, 15) is 0 Å². The van der Waals surface area contributed by atoms with E-state index in [0.29, 0.717) is 0 Å². The van der Waals surface area contributed by atoms with E-state index >= 15 is 0 Å². The molecule has 2 heterocycles. The molecule has 22 heavy (non-hydrogen) atoms. The maximum atomic E-state index is 5.66. The first-order chi connectivity index (χ1) is 10.8. The molecule has 2 aromatic rings. The normalized spacial score (nSPS) is 20.6. The van der Waals surface area contributed by atoms with E-state index in [1.165, 1.54) is 61.1 Å². The fraction of sp³-hybridized carbons (Fsp3) is 0.556. The monoisotopic (exact) mass is 299 g/mol. The van der Waals surface area contributed by atoms with Crippen molar-refractivity contribution in [2.75, 3.05) is 33.3 Å². The van der Waals surface area contributed by atoms with Crippen LogP contribution in [0.1, 0.15) is 24.0 Å². The minimum absolute atomic E-state index is 0.896. The maximum absolute atomic E-state index is 5.66. The molecular formula is C18H25N3O. The molecule has 1 aliphatic heterocycles. The Labute approximate surface area is 132 Å². The number of benzene rings is 1. The molecule has 0 bridgehead atoms. The fourth-order valence-corrected chi connectivity index (χ4v) is 3.73. The highest BCUT2D eigenvalue weighted by atomic mass is 16.5. The lowest BCUT2D eigenvalue weighted by atomic mass is 10.0. The second-order valence-corrected chi connectivity index (χ2v) is 6.68. The van der Waals surface area contributed by atoms with Crippen LogP contribution in [0.3, 0.4) is 0 Å². The van der Waals surface area contributed by atoms with Crippen molar-refractivity contribution in [2.45, 2.75) is 32.4 Å². The summed E-state index contributed by atoms with van der Waals surface area (Å²) < 4.78 is 5.66. The first-order valence-corrected chi connectivity index (χ1v) is 8.36. The number of aryl methyl sites for hydroxylation is 1. The first-order valence-electron chi connectivity index (χ1n) is 8.36. The van der Waals surface area contributed by atoms with Gasteiger partial charge >= 0.3 is 0 Å². The number of aromatic nitrogens is 1. The van der Waals surface area contributed by atoms with E-state index in [4.69, 9.17) is 4.74 Å². The molecule has 118 valence electrons. The van der Waals surface area contributed by atoms with Crippen LogP contribution in [-0.4, -0.2) is 54.1 Å². The lowest BCUT2D eigenvalue weighted by molar-refractivity contribution is 0.121. The number of aromatic amines is 1. The van der Waals surface area contributed by atoms with Gasteiger partial charge in [-0.15, -0.1) is 0 Å². The third-order valence-electron chi connectivity index (χ3n) is 5.18. The van der Waals surface area contributed by atoms with Gasteiger partial charge in [-0.05, 0) is 37.5 Å². The summed E-state index contributed by atoms with van der Waals surface area (Å²) in [6.45, 7) is 7.89. The van der Waals surface area contributed by atoms with Gasteiger partial charge in [0.1, 0.15) is 5.75 Å². The minimum Gasteiger partial charge on any atom is -0.496 e. The summed E-state index contributed by atoms with van der Waals surface area (Å²) >= 11 is 0. The predicted octanol–water partition coefficient (Wildman–Crippen LogP) is 2.76. The number of H-pyrrole nitrogens is 1. The number of methoxy groups -OCH3 is 1. The van der Waals surface area contributed by atoms with Crippen molar-refractivity contribution in [3.63, 3.8) is 0 Å². The Bertz CT molecular complexity index is 666. The fourth-order valence-electron chi connectivity index (χ4n) is 3.73. The molecule has 1 aliphatic carbocycles. The zero-order valence-electron chi connectivity index (χ0n) is 13.6. The van der Waals surface area contributed by atoms with Crippen LogP contribution in [0.25, 0.3) is 10.9 Å². The van der Waals surface area contributed by atoms with E-state index in [0.717, 1.165) is 18.3 Å². The topological polar surface area (TPSA) is 31.5 Å². The molecule has 1 saturated heterocycles. The molecule has 2 fully saturated rings. The summed E-state index contributed by atoms with van der Waals surface area (Å²) in [6.07, 6.45) is 4.86. The average Bonchev–Trinajstić information content (AvgIpc) is 3.27. The van der Waals surface area contributed by atoms with E-state index in [-0.39, 0.29) is 0 Å². The number of nitrogens with one attached hydrogen (secondary N) is 1. The van der Waals surface area contributed by atoms with Crippen LogP contribution < -0.4 is 4.74 Å². The molecule has 1 aromatic carbocycles. The smallest absolute Gasteiger partial charge is 0.124 e. The largest absolute Gasteiger partial charge is 0.496 e. The number of piperazine rings is 1. The van der Waals surface area contributed by atoms with E-state index in [1.54, 1.807) is 7.11 Å². The molecule has 1 N–H and O–H groups in total. The van der Waals surface area contributed by atoms with Gasteiger partial charge in [0.2, 0.25) is 0 Å². The van der Waals surface area contributed by atoms with Crippen molar-refractivity contribution in [2.24, 2.45) is 0 Å². The summed E-state index contributed by atoms with van der Waals surface area (Å²) in [4.78, 5) is 8.59. The highest BCUT2D eigenvalue weighted by Gasteiger charge is 2.31. The van der Waals surface area contributed by atoms with Gasteiger partial charge in [0.25, 0.3) is 0 Å². The zero-order valence-corrected chi connectivity index (χ0v) is 13.6. The van der Waals surface area contributed by atoms with Crippen LogP contribution in [-0.2, 0) is 6.54 Å². The Hall–Kier alpha value is -1.52. The van der Waals surface area contributed by atoms with Crippen LogP contribution in [0.2, 0.25) is 0 Å². The molecule has 1 saturated carbocycles. The molecule has 0 atom stereocenters. The van der Waals surface area contributed by atoms with E-state index in [1.807, 2.05) is 6.20 Å². The van der Waals surface area contributed by atoms with Gasteiger partial charge in [-0.2, -0.15) is 0 Å². The molecule has 0 amide bonds. The molecule has 4 nitrogen and oxygen atoms in total. The summed E-state index contributed by atoms with van der Waals surface area (Å²) in [7, 11) is 1.78. The lowest BCUT2D eigenvalue weighted by Crippen LogP contribution is -2.46. The van der Waals surface area contributed by atoms with Crippen LogP contribution in [0.5, 0.6) is 5.75 Å². The van der Waals surface area contributed by atoms with Crippen LogP contribution >= 0.6 is 0 Å². The molecular weight excluding hydrogens is 274 g/mol. The van der Waals surface area contributed by atoms with Gasteiger partial charge in [-0.3, -0.25) is 9.80 Å². The number of nitrogens with zero attached hydrogens (tertiary/aromatic N) is 2. The number of hydrogen-bond donors (Lipinski definition) is 1. The standard InChI is InChI=1S/C18H25N3O/c1-13-11-17(22-2)16(15-5-6-19-18(13)15)12-20-7-9-21(10-8-20)14-3-4-14/h5-6,11,14,19H,3-4,7-10,12H2,1-2H3. The predicted molar refractivity (Wildman–Crippen MR) is 89.5 cm³/mol.